The molecule has 2 aromatic carbocycles. The minimum atomic E-state index is -2.02. The van der Waals surface area contributed by atoms with Gasteiger partial charge in [0, 0.05) is 23.5 Å². The van der Waals surface area contributed by atoms with E-state index in [-0.39, 0.29) is 17.9 Å². The zero-order chi connectivity index (χ0) is 30.9. The number of hydrogen-bond acceptors (Lipinski definition) is 5. The van der Waals surface area contributed by atoms with Crippen molar-refractivity contribution in [3.63, 3.8) is 0 Å². The minimum Gasteiger partial charge on any atom is -0.491 e. The summed E-state index contributed by atoms with van der Waals surface area (Å²) in [5.41, 5.74) is 0.0902. The van der Waals surface area contributed by atoms with Crippen LogP contribution in [0.4, 0.5) is 8.78 Å². The number of esters is 1. The Morgan fingerprint density at radius 3 is 1.91 bits per heavy atom. The molecule has 0 fully saturated rings. The Labute approximate surface area is 256 Å². The fourth-order valence-corrected chi connectivity index (χ4v) is 4.89. The molecule has 3 aromatic rings. The third-order valence-electron chi connectivity index (χ3n) is 7.67. The van der Waals surface area contributed by atoms with Crippen molar-refractivity contribution < 1.29 is 23.0 Å². The second-order valence-electron chi connectivity index (χ2n) is 11.5. The maximum absolute atomic E-state index is 14.9. The number of alkyl halides is 1. The lowest BCUT2D eigenvalue weighted by atomic mass is 9.99. The third-order valence-corrected chi connectivity index (χ3v) is 7.67. The van der Waals surface area contributed by atoms with E-state index in [9.17, 15) is 13.6 Å². The molecule has 1 heterocycles. The van der Waals surface area contributed by atoms with Crippen molar-refractivity contribution in [3.8, 4) is 34.0 Å². The number of ether oxygens (including phenoxy) is 2. The molecule has 0 saturated heterocycles. The van der Waals surface area contributed by atoms with E-state index in [0.29, 0.717) is 24.4 Å². The van der Waals surface area contributed by atoms with E-state index in [1.807, 2.05) is 0 Å². The van der Waals surface area contributed by atoms with Crippen LogP contribution in [0, 0.1) is 5.82 Å². The molecule has 0 radical (unpaired) electrons. The molecule has 234 valence electrons. The first-order chi connectivity index (χ1) is 20.8. The summed E-state index contributed by atoms with van der Waals surface area (Å²) < 4.78 is 40.5. The number of hydrogen-bond donors (Lipinski definition) is 0. The lowest BCUT2D eigenvalue weighted by molar-refractivity contribution is -0.147. The van der Waals surface area contributed by atoms with Crippen LogP contribution in [0.15, 0.2) is 54.9 Å². The van der Waals surface area contributed by atoms with Crippen LogP contribution in [0.3, 0.4) is 0 Å². The van der Waals surface area contributed by atoms with Gasteiger partial charge in [-0.2, -0.15) is 0 Å². The highest BCUT2D eigenvalue weighted by Crippen LogP contribution is 2.28. The molecule has 3 rings (SSSR count). The Morgan fingerprint density at radius 1 is 0.744 bits per heavy atom. The normalized spacial score (nSPS) is 12.6. The highest BCUT2D eigenvalue weighted by Gasteiger charge is 2.34. The van der Waals surface area contributed by atoms with Gasteiger partial charge in [-0.05, 0) is 62.1 Å². The van der Waals surface area contributed by atoms with E-state index in [0.717, 1.165) is 49.7 Å². The van der Waals surface area contributed by atoms with Crippen LogP contribution in [0.25, 0.3) is 22.5 Å². The molecule has 5 nitrogen and oxygen atoms in total. The summed E-state index contributed by atoms with van der Waals surface area (Å²) in [7, 11) is 0. The van der Waals surface area contributed by atoms with E-state index < -0.39 is 17.5 Å². The van der Waals surface area contributed by atoms with Crippen molar-refractivity contribution in [1.29, 1.82) is 0 Å². The van der Waals surface area contributed by atoms with Crippen molar-refractivity contribution in [2.45, 2.75) is 116 Å². The first kappa shape index (κ1) is 34.1. The van der Waals surface area contributed by atoms with Gasteiger partial charge in [0.05, 0.1) is 6.61 Å². The molecule has 7 heteroatoms. The van der Waals surface area contributed by atoms with Crippen molar-refractivity contribution in [1.82, 2.24) is 9.97 Å². The fourth-order valence-electron chi connectivity index (χ4n) is 4.89. The second kappa shape index (κ2) is 18.3. The van der Waals surface area contributed by atoms with Gasteiger partial charge in [0.15, 0.2) is 17.4 Å². The zero-order valence-corrected chi connectivity index (χ0v) is 26.2. The van der Waals surface area contributed by atoms with Gasteiger partial charge in [-0.3, -0.25) is 0 Å². The lowest BCUT2D eigenvalue weighted by Gasteiger charge is -2.18. The Hall–Kier alpha value is -3.35. The number of halogens is 2. The van der Waals surface area contributed by atoms with Crippen molar-refractivity contribution in [3.05, 3.63) is 60.7 Å². The third kappa shape index (κ3) is 11.7. The molecule has 0 aliphatic rings. The van der Waals surface area contributed by atoms with E-state index in [2.05, 4.69) is 23.8 Å². The molecular weight excluding hydrogens is 546 g/mol. The van der Waals surface area contributed by atoms with E-state index >= 15 is 0 Å². The van der Waals surface area contributed by atoms with Crippen LogP contribution in [0.5, 0.6) is 11.5 Å². The van der Waals surface area contributed by atoms with Gasteiger partial charge in [0.25, 0.3) is 0 Å². The van der Waals surface area contributed by atoms with Crippen LogP contribution >= 0.6 is 0 Å². The summed E-state index contributed by atoms with van der Waals surface area (Å²) in [5.74, 6) is -0.388. The Balaban J connectivity index is 1.47. The van der Waals surface area contributed by atoms with Crippen LogP contribution < -0.4 is 9.47 Å². The molecule has 0 N–H and O–H groups in total. The van der Waals surface area contributed by atoms with Gasteiger partial charge < -0.3 is 9.47 Å². The number of rotatable bonds is 20. The average Bonchev–Trinajstić information content (AvgIpc) is 3.01. The molecule has 0 aliphatic carbocycles. The topological polar surface area (TPSA) is 61.3 Å². The van der Waals surface area contributed by atoms with Gasteiger partial charge in [-0.25, -0.2) is 23.5 Å². The quantitative estimate of drug-likeness (QED) is 0.0740. The minimum absolute atomic E-state index is 0.149. The van der Waals surface area contributed by atoms with Gasteiger partial charge in [-0.1, -0.05) is 96.6 Å². The summed E-state index contributed by atoms with van der Waals surface area (Å²) in [6.07, 6.45) is 17.9. The van der Waals surface area contributed by atoms with E-state index in [1.54, 1.807) is 48.8 Å². The van der Waals surface area contributed by atoms with Crippen molar-refractivity contribution >= 4 is 5.97 Å². The number of carbonyl (C=O) groups is 1. The Morgan fingerprint density at radius 2 is 1.30 bits per heavy atom. The first-order valence-electron chi connectivity index (χ1n) is 16.1. The molecule has 0 aliphatic heterocycles. The predicted octanol–water partition coefficient (Wildman–Crippen LogP) is 10.5. The van der Waals surface area contributed by atoms with Crippen LogP contribution in [-0.2, 0) is 4.79 Å². The van der Waals surface area contributed by atoms with E-state index in [4.69, 9.17) is 9.47 Å². The van der Waals surface area contributed by atoms with Crippen molar-refractivity contribution in [2.75, 3.05) is 6.61 Å². The standard InChI is InChI=1S/C36H48F2N2O3/c1-4-6-8-10-11-12-14-16-24-42-33-22-19-29(25-32(33)37)34-39-26-30(27-40-34)28-17-20-31(21-18-28)43-35(41)36(3,38)23-15-13-9-7-5-2/h17-22,25-27H,4-16,23-24H2,1-3H3/t36-/m0/s1. The highest BCUT2D eigenvalue weighted by atomic mass is 19.1. The molecule has 0 unspecified atom stereocenters. The molecule has 1 aromatic heterocycles. The fraction of sp³-hybridized carbons (Fsp3) is 0.528. The summed E-state index contributed by atoms with van der Waals surface area (Å²) in [4.78, 5) is 21.2. The molecule has 0 amide bonds. The van der Waals surface area contributed by atoms with Gasteiger partial charge >= 0.3 is 5.97 Å². The summed E-state index contributed by atoms with van der Waals surface area (Å²) >= 11 is 0. The zero-order valence-electron chi connectivity index (χ0n) is 26.2. The van der Waals surface area contributed by atoms with E-state index in [1.165, 1.54) is 51.5 Å². The Bertz CT molecular complexity index is 1230. The maximum Gasteiger partial charge on any atom is 0.348 e. The number of benzene rings is 2. The monoisotopic (exact) mass is 594 g/mol. The van der Waals surface area contributed by atoms with Gasteiger partial charge in [0.2, 0.25) is 5.67 Å². The largest absolute Gasteiger partial charge is 0.491 e. The maximum atomic E-state index is 14.9. The molecule has 0 spiro atoms. The molecule has 0 bridgehead atoms. The smallest absolute Gasteiger partial charge is 0.348 e. The van der Waals surface area contributed by atoms with Gasteiger partial charge in [-0.15, -0.1) is 0 Å². The number of aromatic nitrogens is 2. The van der Waals surface area contributed by atoms with Gasteiger partial charge in [0.1, 0.15) is 5.75 Å². The van der Waals surface area contributed by atoms with Crippen LogP contribution in [-0.4, -0.2) is 28.2 Å². The second-order valence-corrected chi connectivity index (χ2v) is 11.5. The summed E-state index contributed by atoms with van der Waals surface area (Å²) in [6.45, 7) is 6.13. The van der Waals surface area contributed by atoms with Crippen LogP contribution in [0.2, 0.25) is 0 Å². The molecule has 43 heavy (non-hydrogen) atoms. The predicted molar refractivity (Wildman–Crippen MR) is 169 cm³/mol. The molecule has 1 atom stereocenters. The first-order valence-corrected chi connectivity index (χ1v) is 16.1. The van der Waals surface area contributed by atoms with Crippen molar-refractivity contribution in [2.24, 2.45) is 0 Å². The highest BCUT2D eigenvalue weighted by molar-refractivity contribution is 5.81. The SMILES string of the molecule is CCCCCCCCCCOc1ccc(-c2ncc(-c3ccc(OC(=O)[C@@](C)(F)CCCCCCC)cc3)cn2)cc1F. The molecular formula is C36H48F2N2O3. The number of carbonyl (C=O) groups excluding carboxylic acids is 1. The Kier molecular flexibility index (Phi) is 14.6. The number of nitrogens with zero attached hydrogens (tertiary/aromatic N) is 2. The summed E-state index contributed by atoms with van der Waals surface area (Å²) in [5, 5.41) is 0. The summed E-state index contributed by atoms with van der Waals surface area (Å²) in [6, 6.07) is 11.6. The lowest BCUT2D eigenvalue weighted by Crippen LogP contribution is -2.34. The number of unbranched alkanes of at least 4 members (excludes halogenated alkanes) is 11. The molecule has 0 saturated carbocycles. The van der Waals surface area contributed by atoms with Crippen LogP contribution in [0.1, 0.15) is 111 Å². The average molecular weight is 595 g/mol.